The first-order chi connectivity index (χ1) is 7.20. The van der Waals surface area contributed by atoms with Crippen LogP contribution in [0, 0.1) is 19.8 Å². The second kappa shape index (κ2) is 4.48. The zero-order valence-electron chi connectivity index (χ0n) is 9.67. The van der Waals surface area contributed by atoms with Crippen LogP contribution in [0.1, 0.15) is 24.0 Å². The summed E-state index contributed by atoms with van der Waals surface area (Å²) in [7, 11) is 0. The Morgan fingerprint density at radius 1 is 1.33 bits per heavy atom. The fourth-order valence-electron chi connectivity index (χ4n) is 1.74. The first-order valence-corrected chi connectivity index (χ1v) is 6.71. The van der Waals surface area contributed by atoms with Crippen molar-refractivity contribution in [3.8, 4) is 5.75 Å². The lowest BCUT2D eigenvalue weighted by molar-refractivity contribution is 0.291. The number of hydrogen-bond donors (Lipinski definition) is 0. The smallest absolute Gasteiger partial charge is 0.135 e. The van der Waals surface area contributed by atoms with Gasteiger partial charge in [-0.1, -0.05) is 6.07 Å². The van der Waals surface area contributed by atoms with Gasteiger partial charge in [0.2, 0.25) is 0 Å². The molecule has 0 amide bonds. The van der Waals surface area contributed by atoms with Crippen molar-refractivity contribution in [3.05, 3.63) is 23.3 Å². The third-order valence-electron chi connectivity index (χ3n) is 2.77. The average Bonchev–Trinajstić information content (AvgIpc) is 2.99. The SMILES string of the molecule is CSc1cc(C)cc(C)c1OCC1CC1. The molecule has 0 N–H and O–H groups in total. The fourth-order valence-corrected chi connectivity index (χ4v) is 2.45. The monoisotopic (exact) mass is 222 g/mol. The van der Waals surface area contributed by atoms with Crippen molar-refractivity contribution in [1.29, 1.82) is 0 Å². The lowest BCUT2D eigenvalue weighted by Crippen LogP contribution is -2.02. The quantitative estimate of drug-likeness (QED) is 0.716. The molecule has 1 aliphatic carbocycles. The highest BCUT2D eigenvalue weighted by Gasteiger charge is 2.22. The number of benzene rings is 1. The minimum atomic E-state index is 0.820. The van der Waals surface area contributed by atoms with Crippen molar-refractivity contribution in [3.63, 3.8) is 0 Å². The van der Waals surface area contributed by atoms with Gasteiger partial charge in [0.05, 0.1) is 6.61 Å². The minimum Gasteiger partial charge on any atom is -0.492 e. The molecule has 0 aliphatic heterocycles. The third-order valence-corrected chi connectivity index (χ3v) is 3.51. The highest BCUT2D eigenvalue weighted by molar-refractivity contribution is 7.98. The zero-order valence-corrected chi connectivity index (χ0v) is 10.5. The fraction of sp³-hybridized carbons (Fsp3) is 0.538. The van der Waals surface area contributed by atoms with Crippen molar-refractivity contribution in [1.82, 2.24) is 0 Å². The van der Waals surface area contributed by atoms with E-state index in [1.54, 1.807) is 11.8 Å². The lowest BCUT2D eigenvalue weighted by Gasteiger charge is -2.13. The number of thioether (sulfide) groups is 1. The maximum atomic E-state index is 5.92. The molecule has 0 atom stereocenters. The normalized spacial score (nSPS) is 15.4. The first kappa shape index (κ1) is 10.9. The van der Waals surface area contributed by atoms with Crippen LogP contribution < -0.4 is 4.74 Å². The summed E-state index contributed by atoms with van der Waals surface area (Å²) in [5.41, 5.74) is 2.58. The van der Waals surface area contributed by atoms with E-state index < -0.39 is 0 Å². The second-order valence-corrected chi connectivity index (χ2v) is 5.22. The Labute approximate surface area is 96.2 Å². The van der Waals surface area contributed by atoms with Gasteiger partial charge in [0.15, 0.2) is 0 Å². The third kappa shape index (κ3) is 2.69. The van der Waals surface area contributed by atoms with E-state index in [1.165, 1.54) is 28.9 Å². The Morgan fingerprint density at radius 3 is 2.67 bits per heavy atom. The molecule has 0 radical (unpaired) electrons. The summed E-state index contributed by atoms with van der Waals surface area (Å²) >= 11 is 1.77. The molecule has 0 saturated heterocycles. The van der Waals surface area contributed by atoms with E-state index in [0.717, 1.165) is 18.3 Å². The van der Waals surface area contributed by atoms with E-state index >= 15 is 0 Å². The molecule has 82 valence electrons. The molecule has 0 unspecified atom stereocenters. The highest BCUT2D eigenvalue weighted by atomic mass is 32.2. The molecule has 1 aromatic rings. The Balaban J connectivity index is 2.17. The number of aryl methyl sites for hydroxylation is 2. The van der Waals surface area contributed by atoms with Crippen molar-refractivity contribution in [2.75, 3.05) is 12.9 Å². The summed E-state index contributed by atoms with van der Waals surface area (Å²) in [5, 5.41) is 0. The summed E-state index contributed by atoms with van der Waals surface area (Å²) in [5.74, 6) is 1.92. The number of rotatable bonds is 4. The summed E-state index contributed by atoms with van der Waals surface area (Å²) in [6.45, 7) is 5.17. The van der Waals surface area contributed by atoms with Crippen molar-refractivity contribution < 1.29 is 4.74 Å². The molecule has 15 heavy (non-hydrogen) atoms. The standard InChI is InChI=1S/C13H18OS/c1-9-6-10(2)13(12(7-9)15-3)14-8-11-4-5-11/h6-7,11H,4-5,8H2,1-3H3. The molecule has 0 bridgehead atoms. The van der Waals surface area contributed by atoms with Crippen molar-refractivity contribution in [2.24, 2.45) is 5.92 Å². The van der Waals surface area contributed by atoms with Gasteiger partial charge in [-0.3, -0.25) is 0 Å². The number of hydrogen-bond acceptors (Lipinski definition) is 2. The van der Waals surface area contributed by atoms with Gasteiger partial charge in [0.1, 0.15) is 5.75 Å². The average molecular weight is 222 g/mol. The summed E-state index contributed by atoms with van der Waals surface area (Å²) in [6.07, 6.45) is 4.80. The van der Waals surface area contributed by atoms with Crippen LogP contribution in [0.2, 0.25) is 0 Å². The molecular formula is C13H18OS. The van der Waals surface area contributed by atoms with Gasteiger partial charge < -0.3 is 4.74 Å². The molecule has 1 aliphatic rings. The van der Waals surface area contributed by atoms with Crippen LogP contribution >= 0.6 is 11.8 Å². The van der Waals surface area contributed by atoms with Crippen LogP contribution in [-0.2, 0) is 0 Å². The van der Waals surface area contributed by atoms with Crippen LogP contribution in [0.5, 0.6) is 5.75 Å². The van der Waals surface area contributed by atoms with Gasteiger partial charge in [-0.2, -0.15) is 0 Å². The molecule has 2 heteroatoms. The zero-order chi connectivity index (χ0) is 10.8. The predicted octanol–water partition coefficient (Wildman–Crippen LogP) is 3.81. The van der Waals surface area contributed by atoms with Crippen LogP contribution in [0.4, 0.5) is 0 Å². The molecule has 0 spiro atoms. The second-order valence-electron chi connectivity index (χ2n) is 4.37. The summed E-state index contributed by atoms with van der Waals surface area (Å²) in [6, 6.07) is 4.40. The van der Waals surface area contributed by atoms with E-state index in [2.05, 4.69) is 32.2 Å². The van der Waals surface area contributed by atoms with E-state index in [4.69, 9.17) is 4.74 Å². The summed E-state index contributed by atoms with van der Waals surface area (Å²) < 4.78 is 5.92. The minimum absolute atomic E-state index is 0.820. The van der Waals surface area contributed by atoms with Crippen LogP contribution in [0.25, 0.3) is 0 Å². The topological polar surface area (TPSA) is 9.23 Å². The Morgan fingerprint density at radius 2 is 2.07 bits per heavy atom. The van der Waals surface area contributed by atoms with Crippen LogP contribution in [-0.4, -0.2) is 12.9 Å². The molecule has 1 nitrogen and oxygen atoms in total. The van der Waals surface area contributed by atoms with Gasteiger partial charge in [-0.15, -0.1) is 11.8 Å². The van der Waals surface area contributed by atoms with Crippen LogP contribution in [0.3, 0.4) is 0 Å². The van der Waals surface area contributed by atoms with E-state index in [0.29, 0.717) is 0 Å². The van der Waals surface area contributed by atoms with Gasteiger partial charge in [0.25, 0.3) is 0 Å². The molecule has 1 aromatic carbocycles. The van der Waals surface area contributed by atoms with Gasteiger partial charge in [-0.25, -0.2) is 0 Å². The molecular weight excluding hydrogens is 204 g/mol. The summed E-state index contributed by atoms with van der Waals surface area (Å²) in [4.78, 5) is 1.27. The van der Waals surface area contributed by atoms with Crippen molar-refractivity contribution >= 4 is 11.8 Å². The maximum Gasteiger partial charge on any atom is 0.135 e. The first-order valence-electron chi connectivity index (χ1n) is 5.48. The molecule has 0 aromatic heterocycles. The predicted molar refractivity (Wildman–Crippen MR) is 65.9 cm³/mol. The maximum absolute atomic E-state index is 5.92. The van der Waals surface area contributed by atoms with E-state index in [-0.39, 0.29) is 0 Å². The Kier molecular flexibility index (Phi) is 3.25. The Bertz CT molecular complexity index is 356. The van der Waals surface area contributed by atoms with E-state index in [1.807, 2.05) is 0 Å². The highest BCUT2D eigenvalue weighted by Crippen LogP contribution is 2.35. The van der Waals surface area contributed by atoms with Gasteiger partial charge in [-0.05, 0) is 56.1 Å². The molecule has 0 heterocycles. The molecule has 1 fully saturated rings. The lowest BCUT2D eigenvalue weighted by atomic mass is 10.1. The van der Waals surface area contributed by atoms with Crippen LogP contribution in [0.15, 0.2) is 17.0 Å². The number of ether oxygens (including phenoxy) is 1. The largest absolute Gasteiger partial charge is 0.492 e. The molecule has 2 rings (SSSR count). The Hall–Kier alpha value is -0.630. The van der Waals surface area contributed by atoms with Gasteiger partial charge in [0, 0.05) is 4.90 Å². The molecule has 1 saturated carbocycles. The van der Waals surface area contributed by atoms with E-state index in [9.17, 15) is 0 Å². The van der Waals surface area contributed by atoms with Crippen molar-refractivity contribution in [2.45, 2.75) is 31.6 Å². The van der Waals surface area contributed by atoms with Gasteiger partial charge >= 0.3 is 0 Å².